The maximum Gasteiger partial charge on any atom is 0.341 e. The molecule has 1 heterocycles. The highest BCUT2D eigenvalue weighted by atomic mass is 32.1. The van der Waals surface area contributed by atoms with Crippen LogP contribution in [0.1, 0.15) is 41.5 Å². The molecule has 0 saturated carbocycles. The largest absolute Gasteiger partial charge is 0.462 e. The number of esters is 2. The Morgan fingerprint density at radius 3 is 2.33 bits per heavy atom. The summed E-state index contributed by atoms with van der Waals surface area (Å²) in [6, 6.07) is 13.5. The molecule has 0 bridgehead atoms. The van der Waals surface area contributed by atoms with E-state index in [1.807, 2.05) is 13.8 Å². The van der Waals surface area contributed by atoms with Crippen LogP contribution in [-0.2, 0) is 14.3 Å². The van der Waals surface area contributed by atoms with Crippen molar-refractivity contribution in [2.45, 2.75) is 20.8 Å². The molecule has 174 valence electrons. The molecule has 1 amide bonds. The first-order valence-corrected chi connectivity index (χ1v) is 11.1. The van der Waals surface area contributed by atoms with Crippen LogP contribution in [0.2, 0.25) is 0 Å². The van der Waals surface area contributed by atoms with E-state index < -0.39 is 24.5 Å². The number of halogens is 1. The Morgan fingerprint density at radius 2 is 1.70 bits per heavy atom. The lowest BCUT2D eigenvalue weighted by Crippen LogP contribution is -2.21. The summed E-state index contributed by atoms with van der Waals surface area (Å²) >= 11 is 1.12. The number of benzene rings is 2. The van der Waals surface area contributed by atoms with Gasteiger partial charge in [0, 0.05) is 10.6 Å². The van der Waals surface area contributed by atoms with Crippen molar-refractivity contribution < 1.29 is 28.2 Å². The van der Waals surface area contributed by atoms with Crippen molar-refractivity contribution in [1.82, 2.24) is 0 Å². The highest BCUT2D eigenvalue weighted by Gasteiger charge is 2.20. The average Bonchev–Trinajstić information content (AvgIpc) is 3.23. The van der Waals surface area contributed by atoms with Crippen LogP contribution >= 0.6 is 11.3 Å². The van der Waals surface area contributed by atoms with Crippen molar-refractivity contribution >= 4 is 39.9 Å². The minimum absolute atomic E-state index is 0.154. The predicted octanol–water partition coefficient (Wildman–Crippen LogP) is 5.13. The number of amides is 1. The van der Waals surface area contributed by atoms with Crippen LogP contribution < -0.4 is 11.1 Å². The zero-order chi connectivity index (χ0) is 24.4. The maximum absolute atomic E-state index is 13.2. The zero-order valence-corrected chi connectivity index (χ0v) is 19.3. The maximum atomic E-state index is 13.2. The first kappa shape index (κ1) is 25.5. The Labute approximate surface area is 195 Å². The fourth-order valence-electron chi connectivity index (χ4n) is 2.64. The number of hydrogen-bond acceptors (Lipinski definition) is 7. The van der Waals surface area contributed by atoms with Crippen LogP contribution in [-0.4, -0.2) is 31.1 Å². The van der Waals surface area contributed by atoms with E-state index in [-0.39, 0.29) is 28.6 Å². The fraction of sp³-hybridized carbons (Fsp3) is 0.208. The number of thiophene rings is 1. The smallest absolute Gasteiger partial charge is 0.341 e. The van der Waals surface area contributed by atoms with Gasteiger partial charge in [0.05, 0.1) is 17.7 Å². The number of nitrogens with two attached hydrogens (primary N) is 1. The lowest BCUT2D eigenvalue weighted by Gasteiger charge is -2.07. The van der Waals surface area contributed by atoms with Crippen molar-refractivity contribution in [3.8, 4) is 10.4 Å². The Kier molecular flexibility index (Phi) is 9.56. The summed E-state index contributed by atoms with van der Waals surface area (Å²) in [4.78, 5) is 37.3. The van der Waals surface area contributed by atoms with Gasteiger partial charge in [-0.1, -0.05) is 32.0 Å². The van der Waals surface area contributed by atoms with E-state index in [0.29, 0.717) is 16.1 Å². The van der Waals surface area contributed by atoms with E-state index in [1.165, 1.54) is 24.3 Å². The summed E-state index contributed by atoms with van der Waals surface area (Å²) in [7, 11) is 0. The molecule has 0 aliphatic heterocycles. The van der Waals surface area contributed by atoms with Crippen molar-refractivity contribution in [2.24, 2.45) is 0 Å². The number of anilines is 2. The van der Waals surface area contributed by atoms with Crippen LogP contribution in [0.15, 0.2) is 54.6 Å². The number of hydrogen-bond donors (Lipinski definition) is 2. The third kappa shape index (κ3) is 7.15. The van der Waals surface area contributed by atoms with Crippen molar-refractivity contribution in [3.05, 3.63) is 71.5 Å². The van der Waals surface area contributed by atoms with E-state index in [9.17, 15) is 18.8 Å². The van der Waals surface area contributed by atoms with Gasteiger partial charge >= 0.3 is 11.9 Å². The van der Waals surface area contributed by atoms with Gasteiger partial charge in [-0.3, -0.25) is 4.79 Å². The summed E-state index contributed by atoms with van der Waals surface area (Å²) in [5.41, 5.74) is 7.07. The van der Waals surface area contributed by atoms with Gasteiger partial charge in [-0.05, 0) is 48.9 Å². The van der Waals surface area contributed by atoms with Crippen LogP contribution in [0.5, 0.6) is 0 Å². The normalized spacial score (nSPS) is 9.94. The molecule has 3 rings (SSSR count). The monoisotopic (exact) mass is 472 g/mol. The number of nitrogens with one attached hydrogen (secondary N) is 1. The van der Waals surface area contributed by atoms with E-state index in [0.717, 1.165) is 11.3 Å². The molecule has 0 radical (unpaired) electrons. The molecule has 0 spiro atoms. The number of ether oxygens (including phenoxy) is 2. The molecule has 2 aromatic carbocycles. The number of carbonyl (C=O) groups excluding carboxylic acids is 3. The second kappa shape index (κ2) is 12.4. The Bertz CT molecular complexity index is 1110. The minimum Gasteiger partial charge on any atom is -0.462 e. The second-order valence-corrected chi connectivity index (χ2v) is 7.38. The van der Waals surface area contributed by atoms with Gasteiger partial charge in [-0.2, -0.15) is 0 Å². The molecule has 0 fully saturated rings. The SMILES string of the molecule is CC.CCOC(=O)c1cc(-c2ccc(F)cc2)sc1NC(=O)COC(=O)c1cccc(N)c1. The van der Waals surface area contributed by atoms with Gasteiger partial charge in [0.15, 0.2) is 6.61 Å². The Morgan fingerprint density at radius 1 is 1.00 bits per heavy atom. The van der Waals surface area contributed by atoms with E-state index >= 15 is 0 Å². The van der Waals surface area contributed by atoms with Crippen LogP contribution in [0.25, 0.3) is 10.4 Å². The molecule has 3 N–H and O–H groups in total. The van der Waals surface area contributed by atoms with Crippen LogP contribution in [0.3, 0.4) is 0 Å². The average molecular weight is 473 g/mol. The predicted molar refractivity (Wildman–Crippen MR) is 127 cm³/mol. The van der Waals surface area contributed by atoms with Gasteiger partial charge in [0.1, 0.15) is 10.8 Å². The Balaban J connectivity index is 0.00000187. The molecule has 33 heavy (non-hydrogen) atoms. The van der Waals surface area contributed by atoms with Crippen molar-refractivity contribution in [1.29, 1.82) is 0 Å². The third-order valence-electron chi connectivity index (χ3n) is 4.07. The second-order valence-electron chi connectivity index (χ2n) is 6.33. The quantitative estimate of drug-likeness (QED) is 0.364. The van der Waals surface area contributed by atoms with Crippen molar-refractivity contribution in [3.63, 3.8) is 0 Å². The fourth-order valence-corrected chi connectivity index (χ4v) is 3.71. The first-order chi connectivity index (χ1) is 15.9. The number of nitrogen functional groups attached to an aromatic ring is 1. The molecule has 7 nitrogen and oxygen atoms in total. The highest BCUT2D eigenvalue weighted by Crippen LogP contribution is 2.36. The number of rotatable bonds is 7. The summed E-state index contributed by atoms with van der Waals surface area (Å²) in [5, 5.41) is 2.81. The van der Waals surface area contributed by atoms with Gasteiger partial charge in [-0.25, -0.2) is 14.0 Å². The van der Waals surface area contributed by atoms with E-state index in [4.69, 9.17) is 15.2 Å². The summed E-state index contributed by atoms with van der Waals surface area (Å²) < 4.78 is 23.3. The minimum atomic E-state index is -0.703. The van der Waals surface area contributed by atoms with Gasteiger partial charge in [-0.15, -0.1) is 11.3 Å². The molecular weight excluding hydrogens is 447 g/mol. The highest BCUT2D eigenvalue weighted by molar-refractivity contribution is 7.20. The molecule has 0 saturated heterocycles. The molecule has 1 aromatic heterocycles. The molecule has 9 heteroatoms. The molecule has 0 aliphatic rings. The summed E-state index contributed by atoms with van der Waals surface area (Å²) in [6.07, 6.45) is 0. The first-order valence-electron chi connectivity index (χ1n) is 10.3. The van der Waals surface area contributed by atoms with Crippen LogP contribution in [0.4, 0.5) is 15.1 Å². The molecule has 3 aromatic rings. The van der Waals surface area contributed by atoms with Gasteiger partial charge < -0.3 is 20.5 Å². The molecule has 0 aliphatic carbocycles. The van der Waals surface area contributed by atoms with Gasteiger partial charge in [0.25, 0.3) is 5.91 Å². The van der Waals surface area contributed by atoms with Gasteiger partial charge in [0.2, 0.25) is 0 Å². The third-order valence-corrected chi connectivity index (χ3v) is 5.17. The Hall–Kier alpha value is -3.72. The molecular formula is C24H25FN2O5S. The lowest BCUT2D eigenvalue weighted by molar-refractivity contribution is -0.119. The summed E-state index contributed by atoms with van der Waals surface area (Å²) in [5.74, 6) is -2.33. The topological polar surface area (TPSA) is 108 Å². The number of carbonyl (C=O) groups is 3. The lowest BCUT2D eigenvalue weighted by atomic mass is 10.1. The summed E-state index contributed by atoms with van der Waals surface area (Å²) in [6.45, 7) is 5.27. The van der Waals surface area contributed by atoms with Crippen molar-refractivity contribution in [2.75, 3.05) is 24.3 Å². The van der Waals surface area contributed by atoms with Crippen LogP contribution in [0, 0.1) is 5.82 Å². The molecule has 0 unspecified atom stereocenters. The van der Waals surface area contributed by atoms with E-state index in [2.05, 4.69) is 5.32 Å². The standard InChI is InChI=1S/C22H19FN2O5S.C2H6/c1-2-29-22(28)17-11-18(13-6-8-15(23)9-7-13)31-20(17)25-19(26)12-30-21(27)14-4-3-5-16(24)10-14;1-2/h3-11H,2,12,24H2,1H3,(H,25,26);1-2H3. The van der Waals surface area contributed by atoms with E-state index in [1.54, 1.807) is 37.3 Å². The zero-order valence-electron chi connectivity index (χ0n) is 18.5. The molecule has 0 atom stereocenters.